The first-order valence-corrected chi connectivity index (χ1v) is 16.3. The van der Waals surface area contributed by atoms with Crippen LogP contribution in [0.4, 0.5) is 5.69 Å². The van der Waals surface area contributed by atoms with Crippen molar-refractivity contribution < 1.29 is 33.8 Å². The van der Waals surface area contributed by atoms with E-state index >= 15 is 0 Å². The van der Waals surface area contributed by atoms with Crippen LogP contribution in [-0.4, -0.2) is 66.0 Å². The molecular weight excluding hydrogens is 622 g/mol. The summed E-state index contributed by atoms with van der Waals surface area (Å²) in [6.45, 7) is 3.51. The van der Waals surface area contributed by atoms with E-state index in [2.05, 4.69) is 29.7 Å². The number of nitrogens with zero attached hydrogens (tertiary/aromatic N) is 1. The number of allylic oxidation sites excluding steroid dienone is 1. The molecule has 3 N–H and O–H groups in total. The average Bonchev–Trinajstić information content (AvgIpc) is 3.37. The van der Waals surface area contributed by atoms with Gasteiger partial charge in [0, 0.05) is 18.7 Å². The van der Waals surface area contributed by atoms with Crippen molar-refractivity contribution in [2.24, 2.45) is 0 Å². The highest BCUT2D eigenvalue weighted by Crippen LogP contribution is 2.36. The predicted octanol–water partition coefficient (Wildman–Crippen LogP) is 5.67. The summed E-state index contributed by atoms with van der Waals surface area (Å²) >= 11 is 0. The molecule has 10 nitrogen and oxygen atoms in total. The highest BCUT2D eigenvalue weighted by molar-refractivity contribution is 6.25. The van der Waals surface area contributed by atoms with Crippen molar-refractivity contribution in [3.63, 3.8) is 0 Å². The molecule has 4 aromatic rings. The van der Waals surface area contributed by atoms with Gasteiger partial charge in [0.05, 0.1) is 24.3 Å². The normalized spacial score (nSPS) is 16.3. The van der Waals surface area contributed by atoms with Gasteiger partial charge in [0.15, 0.2) is 0 Å². The maximum absolute atomic E-state index is 13.3. The topological polar surface area (TPSA) is 134 Å². The first-order chi connectivity index (χ1) is 23.9. The Morgan fingerprint density at radius 2 is 1.53 bits per heavy atom. The Kier molecular flexibility index (Phi) is 10.2. The Hall–Kier alpha value is -5.74. The van der Waals surface area contributed by atoms with Gasteiger partial charge in [-0.3, -0.25) is 29.4 Å². The maximum atomic E-state index is 13.3. The van der Waals surface area contributed by atoms with Crippen LogP contribution in [0.1, 0.15) is 63.6 Å². The van der Waals surface area contributed by atoms with Gasteiger partial charge in [-0.25, -0.2) is 0 Å². The lowest BCUT2D eigenvalue weighted by Gasteiger charge is -2.27. The molecule has 2 heterocycles. The minimum atomic E-state index is -1.02. The second-order valence-corrected chi connectivity index (χ2v) is 11.7. The number of imide groups is 2. The van der Waals surface area contributed by atoms with Crippen LogP contribution in [0.15, 0.2) is 97.1 Å². The third kappa shape index (κ3) is 7.24. The molecule has 0 aromatic heterocycles. The van der Waals surface area contributed by atoms with Crippen molar-refractivity contribution >= 4 is 40.5 Å². The lowest BCUT2D eigenvalue weighted by atomic mass is 9.88. The number of carbonyl (C=O) groups is 4. The first-order valence-electron chi connectivity index (χ1n) is 16.3. The number of benzene rings is 4. The Bertz CT molecular complexity index is 1890. The molecule has 0 saturated carbocycles. The molecule has 250 valence electrons. The molecule has 4 amide bonds. The van der Waals surface area contributed by atoms with Crippen LogP contribution in [0.25, 0.3) is 11.1 Å². The maximum Gasteiger partial charge on any atom is 0.264 e. The molecule has 0 bridgehead atoms. The highest BCUT2D eigenvalue weighted by atomic mass is 16.5. The first kappa shape index (κ1) is 33.2. The van der Waals surface area contributed by atoms with E-state index in [1.54, 1.807) is 30.3 Å². The van der Waals surface area contributed by atoms with Gasteiger partial charge in [-0.1, -0.05) is 67.6 Å². The van der Waals surface area contributed by atoms with Crippen LogP contribution in [0.3, 0.4) is 0 Å². The number of anilines is 1. The fourth-order valence-corrected chi connectivity index (χ4v) is 6.27. The van der Waals surface area contributed by atoms with Crippen LogP contribution in [0.2, 0.25) is 0 Å². The molecule has 4 aromatic carbocycles. The van der Waals surface area contributed by atoms with Gasteiger partial charge in [-0.15, -0.1) is 0 Å². The van der Waals surface area contributed by atoms with Crippen molar-refractivity contribution in [3.8, 4) is 11.5 Å². The Morgan fingerprint density at radius 3 is 2.22 bits per heavy atom. The summed E-state index contributed by atoms with van der Waals surface area (Å²) in [7, 11) is 0. The van der Waals surface area contributed by atoms with E-state index in [-0.39, 0.29) is 29.7 Å². The van der Waals surface area contributed by atoms with E-state index in [1.807, 2.05) is 54.6 Å². The molecular formula is C39H37N3O7. The minimum Gasteiger partial charge on any atom is -0.508 e. The Morgan fingerprint density at radius 1 is 0.816 bits per heavy atom. The van der Waals surface area contributed by atoms with E-state index in [4.69, 9.17) is 9.47 Å². The molecule has 49 heavy (non-hydrogen) atoms. The largest absolute Gasteiger partial charge is 0.508 e. The van der Waals surface area contributed by atoms with E-state index in [0.717, 1.165) is 33.6 Å². The summed E-state index contributed by atoms with van der Waals surface area (Å²) in [5.41, 5.74) is 6.39. The molecule has 10 heteroatoms. The van der Waals surface area contributed by atoms with E-state index < -0.39 is 29.7 Å². The average molecular weight is 660 g/mol. The molecule has 0 spiro atoms. The fraction of sp³-hybridized carbons (Fsp3) is 0.231. The van der Waals surface area contributed by atoms with Gasteiger partial charge in [0.2, 0.25) is 11.8 Å². The molecule has 1 fully saturated rings. The zero-order valence-corrected chi connectivity index (χ0v) is 27.1. The summed E-state index contributed by atoms with van der Waals surface area (Å²) < 4.78 is 11.7. The number of rotatable bonds is 13. The SMILES string of the molecule is CCC(=C(c1ccc(O)cc1)c1ccc(OCCOCCNc2cccc3c2C(=O)N(C2CCC(=O)NC2=O)C3=O)cc1)c1ccccc1. The standard InChI is InChI=1S/C39H37N3O7/c1-2-30(25-7-4-3-5-8-25)35(26-11-15-28(43)16-12-26)27-13-17-29(18-14-27)49-24-23-48-22-21-40-32-10-6-9-31-36(32)39(47)42(38(31)46)33-19-20-34(44)41-37(33)45/h3-18,33,40,43H,2,19-24H2,1H3,(H,41,44,45). The summed E-state index contributed by atoms with van der Waals surface area (Å²) in [5, 5.41) is 15.3. The summed E-state index contributed by atoms with van der Waals surface area (Å²) in [5.74, 6) is -1.24. The molecule has 6 rings (SSSR count). The zero-order valence-electron chi connectivity index (χ0n) is 27.1. The number of hydrogen-bond acceptors (Lipinski definition) is 8. The minimum absolute atomic E-state index is 0.0646. The summed E-state index contributed by atoms with van der Waals surface area (Å²) in [6, 6.07) is 29.4. The number of carbonyl (C=O) groups excluding carboxylic acids is 4. The van der Waals surface area contributed by atoms with Gasteiger partial charge in [-0.05, 0) is 77.1 Å². The lowest BCUT2D eigenvalue weighted by molar-refractivity contribution is -0.136. The van der Waals surface area contributed by atoms with Crippen molar-refractivity contribution in [1.82, 2.24) is 10.2 Å². The van der Waals surface area contributed by atoms with Gasteiger partial charge in [0.1, 0.15) is 24.1 Å². The Balaban J connectivity index is 1.02. The molecule has 2 aliphatic heterocycles. The van der Waals surface area contributed by atoms with E-state index in [0.29, 0.717) is 37.8 Å². The van der Waals surface area contributed by atoms with Gasteiger partial charge < -0.3 is 19.9 Å². The van der Waals surface area contributed by atoms with E-state index in [9.17, 15) is 24.3 Å². The smallest absolute Gasteiger partial charge is 0.264 e. The van der Waals surface area contributed by atoms with Crippen molar-refractivity contribution in [1.29, 1.82) is 0 Å². The number of phenolic OH excluding ortho intramolecular Hbond substituents is 1. The molecule has 1 atom stereocenters. The summed E-state index contributed by atoms with van der Waals surface area (Å²) in [6.07, 6.45) is 0.993. The van der Waals surface area contributed by atoms with Crippen LogP contribution in [-0.2, 0) is 14.3 Å². The quantitative estimate of drug-likeness (QED) is 0.0950. The van der Waals surface area contributed by atoms with Crippen LogP contribution in [0, 0.1) is 0 Å². The number of ether oxygens (including phenoxy) is 2. The predicted molar refractivity (Wildman–Crippen MR) is 185 cm³/mol. The third-order valence-electron chi connectivity index (χ3n) is 8.60. The van der Waals surface area contributed by atoms with Gasteiger partial charge >= 0.3 is 0 Å². The molecule has 1 unspecified atom stereocenters. The summed E-state index contributed by atoms with van der Waals surface area (Å²) in [4.78, 5) is 51.2. The number of fused-ring (bicyclic) bond motifs is 1. The third-order valence-corrected chi connectivity index (χ3v) is 8.60. The second-order valence-electron chi connectivity index (χ2n) is 11.7. The number of nitrogens with one attached hydrogen (secondary N) is 2. The van der Waals surface area contributed by atoms with Crippen molar-refractivity contribution in [2.75, 3.05) is 31.7 Å². The molecule has 2 aliphatic rings. The van der Waals surface area contributed by atoms with Crippen LogP contribution in [0.5, 0.6) is 11.5 Å². The number of hydrogen-bond donors (Lipinski definition) is 3. The molecule has 0 aliphatic carbocycles. The molecule has 0 radical (unpaired) electrons. The number of amides is 4. The number of aromatic hydroxyl groups is 1. The number of piperidine rings is 1. The Labute approximate surface area is 284 Å². The van der Waals surface area contributed by atoms with Crippen LogP contribution >= 0.6 is 0 Å². The second kappa shape index (κ2) is 15.0. The monoisotopic (exact) mass is 659 g/mol. The lowest BCUT2D eigenvalue weighted by Crippen LogP contribution is -2.54. The highest BCUT2D eigenvalue weighted by Gasteiger charge is 2.45. The van der Waals surface area contributed by atoms with Crippen LogP contribution < -0.4 is 15.4 Å². The fourth-order valence-electron chi connectivity index (χ4n) is 6.27. The number of phenols is 1. The van der Waals surface area contributed by atoms with E-state index in [1.165, 1.54) is 5.57 Å². The zero-order chi connectivity index (χ0) is 34.3. The van der Waals surface area contributed by atoms with Gasteiger partial charge in [-0.2, -0.15) is 0 Å². The van der Waals surface area contributed by atoms with Gasteiger partial charge in [0.25, 0.3) is 11.8 Å². The van der Waals surface area contributed by atoms with Crippen molar-refractivity contribution in [2.45, 2.75) is 32.2 Å². The van der Waals surface area contributed by atoms with Crippen molar-refractivity contribution in [3.05, 3.63) is 125 Å². The molecule has 1 saturated heterocycles.